The summed E-state index contributed by atoms with van der Waals surface area (Å²) in [6, 6.07) is -0.422. The van der Waals surface area contributed by atoms with Crippen molar-refractivity contribution in [1.29, 1.82) is 0 Å². The first-order valence-corrected chi connectivity index (χ1v) is 9.35. The van der Waals surface area contributed by atoms with E-state index in [2.05, 4.69) is 0 Å². The summed E-state index contributed by atoms with van der Waals surface area (Å²) < 4.78 is 11.1. The number of rotatable bonds is 6. The summed E-state index contributed by atoms with van der Waals surface area (Å²) in [5.41, 5.74) is -0.798. The Bertz CT molecular complexity index is 663. The van der Waals surface area contributed by atoms with Crippen LogP contribution in [0.15, 0.2) is 24.0 Å². The molecule has 0 radical (unpaired) electrons. The van der Waals surface area contributed by atoms with Crippen molar-refractivity contribution >= 4 is 17.8 Å². The van der Waals surface area contributed by atoms with Crippen molar-refractivity contribution in [2.75, 3.05) is 6.61 Å². The van der Waals surface area contributed by atoms with Crippen LogP contribution in [0.25, 0.3) is 0 Å². The number of allylic oxidation sites excluding steroid dienone is 2. The second-order valence-electron chi connectivity index (χ2n) is 7.90. The lowest BCUT2D eigenvalue weighted by atomic mass is 9.87. The van der Waals surface area contributed by atoms with Gasteiger partial charge in [-0.2, -0.15) is 0 Å². The molecule has 0 aromatic carbocycles. The molecule has 150 valence electrons. The van der Waals surface area contributed by atoms with E-state index in [1.165, 1.54) is 6.08 Å². The van der Waals surface area contributed by atoms with E-state index in [9.17, 15) is 14.4 Å². The Hall–Kier alpha value is -2.15. The Labute approximate surface area is 160 Å². The molecule has 3 atom stereocenters. The fourth-order valence-electron chi connectivity index (χ4n) is 3.74. The Kier molecular flexibility index (Phi) is 6.46. The molecule has 0 bridgehead atoms. The van der Waals surface area contributed by atoms with Gasteiger partial charge in [-0.1, -0.05) is 13.8 Å². The average Bonchev–Trinajstić information content (AvgIpc) is 2.83. The van der Waals surface area contributed by atoms with Gasteiger partial charge in [0, 0.05) is 6.61 Å². The predicted molar refractivity (Wildman–Crippen MR) is 98.6 cm³/mol. The number of amides is 2. The van der Waals surface area contributed by atoms with Crippen LogP contribution in [0.5, 0.6) is 0 Å². The number of aliphatic hydroxyl groups excluding tert-OH is 1. The minimum absolute atomic E-state index is 0.000546. The van der Waals surface area contributed by atoms with Crippen molar-refractivity contribution in [3.63, 3.8) is 0 Å². The maximum absolute atomic E-state index is 13.1. The number of hydrogen-bond acceptors (Lipinski definition) is 6. The smallest absolute Gasteiger partial charge is 0.417 e. The highest BCUT2D eigenvalue weighted by atomic mass is 16.6. The number of ketones is 1. The number of nitrogens with zero attached hydrogens (tertiary/aromatic N) is 1. The highest BCUT2D eigenvalue weighted by molar-refractivity contribution is 6.02. The van der Waals surface area contributed by atoms with Crippen LogP contribution in [-0.2, 0) is 19.1 Å². The summed E-state index contributed by atoms with van der Waals surface area (Å²) >= 11 is 0. The molecule has 27 heavy (non-hydrogen) atoms. The fourth-order valence-corrected chi connectivity index (χ4v) is 3.74. The SMILES string of the molecule is CC(C)[C@@H]1N(C(=O)[C@@H](C)[C@@H]2OC(=CCCCO)C=CC2=O)C(=O)OC1(C)C. The zero-order valence-corrected chi connectivity index (χ0v) is 16.6. The number of imide groups is 1. The highest BCUT2D eigenvalue weighted by Crippen LogP contribution is 2.36. The molecule has 0 aromatic heterocycles. The Balaban J connectivity index is 2.20. The van der Waals surface area contributed by atoms with E-state index in [1.807, 2.05) is 13.8 Å². The van der Waals surface area contributed by atoms with Gasteiger partial charge in [-0.3, -0.25) is 9.59 Å². The minimum atomic E-state index is -0.993. The molecule has 7 nitrogen and oxygen atoms in total. The number of aliphatic hydroxyl groups is 1. The molecule has 0 unspecified atom stereocenters. The van der Waals surface area contributed by atoms with Crippen molar-refractivity contribution in [2.45, 2.75) is 65.2 Å². The zero-order chi connectivity index (χ0) is 20.4. The molecule has 2 aliphatic heterocycles. The number of ether oxygens (including phenoxy) is 2. The molecule has 0 aliphatic carbocycles. The molecule has 2 heterocycles. The molecule has 2 amide bonds. The van der Waals surface area contributed by atoms with Gasteiger partial charge in [0.25, 0.3) is 0 Å². The highest BCUT2D eigenvalue weighted by Gasteiger charge is 2.53. The van der Waals surface area contributed by atoms with Gasteiger partial charge in [0.2, 0.25) is 5.91 Å². The second kappa shape index (κ2) is 8.25. The fraction of sp³-hybridized carbons (Fsp3) is 0.650. The van der Waals surface area contributed by atoms with Gasteiger partial charge in [-0.25, -0.2) is 9.69 Å². The largest absolute Gasteiger partial charge is 0.482 e. The van der Waals surface area contributed by atoms with Gasteiger partial charge < -0.3 is 14.6 Å². The number of cyclic esters (lactones) is 1. The van der Waals surface area contributed by atoms with Crippen LogP contribution in [0.3, 0.4) is 0 Å². The third kappa shape index (κ3) is 4.40. The molecular formula is C20H29NO6. The van der Waals surface area contributed by atoms with Gasteiger partial charge in [-0.05, 0) is 57.8 Å². The molecule has 0 spiro atoms. The molecule has 1 fully saturated rings. The van der Waals surface area contributed by atoms with Crippen LogP contribution in [0.1, 0.15) is 47.5 Å². The molecule has 2 rings (SSSR count). The van der Waals surface area contributed by atoms with Crippen molar-refractivity contribution in [2.24, 2.45) is 11.8 Å². The molecule has 0 saturated carbocycles. The van der Waals surface area contributed by atoms with Crippen LogP contribution in [0.4, 0.5) is 4.79 Å². The maximum atomic E-state index is 13.1. The standard InChI is InChI=1S/C20H29NO6/c1-12(2)17-20(4,5)27-19(25)21(17)18(24)13(3)16-15(23)10-9-14(26-16)8-6-7-11-22/h8-10,12-13,16-17,22H,6-7,11H2,1-5H3/t13-,16-,17-/m0/s1. The van der Waals surface area contributed by atoms with Crippen LogP contribution in [0, 0.1) is 11.8 Å². The Morgan fingerprint density at radius 3 is 2.56 bits per heavy atom. The maximum Gasteiger partial charge on any atom is 0.417 e. The summed E-state index contributed by atoms with van der Waals surface area (Å²) in [7, 11) is 0. The van der Waals surface area contributed by atoms with Crippen molar-refractivity contribution < 1.29 is 29.0 Å². The van der Waals surface area contributed by atoms with E-state index >= 15 is 0 Å². The van der Waals surface area contributed by atoms with Crippen LogP contribution in [-0.4, -0.2) is 52.1 Å². The third-order valence-corrected chi connectivity index (χ3v) is 4.91. The van der Waals surface area contributed by atoms with E-state index in [0.717, 1.165) is 4.90 Å². The summed E-state index contributed by atoms with van der Waals surface area (Å²) in [5.74, 6) is -1.15. The second-order valence-corrected chi connectivity index (χ2v) is 7.90. The number of unbranched alkanes of at least 4 members (excludes halogenated alkanes) is 1. The van der Waals surface area contributed by atoms with E-state index < -0.39 is 35.7 Å². The number of hydrogen-bond donors (Lipinski definition) is 1. The summed E-state index contributed by atoms with van der Waals surface area (Å²) in [4.78, 5) is 38.9. The molecule has 0 aromatic rings. The van der Waals surface area contributed by atoms with Crippen molar-refractivity contribution in [3.05, 3.63) is 24.0 Å². The zero-order valence-electron chi connectivity index (χ0n) is 16.6. The molecular weight excluding hydrogens is 350 g/mol. The first kappa shape index (κ1) is 21.2. The van der Waals surface area contributed by atoms with Crippen molar-refractivity contribution in [1.82, 2.24) is 4.90 Å². The molecule has 7 heteroatoms. The first-order chi connectivity index (χ1) is 12.6. The number of carbonyl (C=O) groups excluding carboxylic acids is 3. The lowest BCUT2D eigenvalue weighted by Crippen LogP contribution is -2.52. The quantitative estimate of drug-likeness (QED) is 0.713. The Morgan fingerprint density at radius 2 is 1.96 bits per heavy atom. The first-order valence-electron chi connectivity index (χ1n) is 9.35. The van der Waals surface area contributed by atoms with E-state index in [-0.39, 0.29) is 18.3 Å². The van der Waals surface area contributed by atoms with E-state index in [4.69, 9.17) is 14.6 Å². The molecule has 1 saturated heterocycles. The van der Waals surface area contributed by atoms with Gasteiger partial charge in [-0.15, -0.1) is 0 Å². The van der Waals surface area contributed by atoms with Crippen LogP contribution in [0.2, 0.25) is 0 Å². The normalized spacial score (nSPS) is 27.1. The summed E-state index contributed by atoms with van der Waals surface area (Å²) in [5, 5.41) is 8.87. The average molecular weight is 379 g/mol. The number of carbonyl (C=O) groups is 3. The van der Waals surface area contributed by atoms with E-state index in [0.29, 0.717) is 18.6 Å². The third-order valence-electron chi connectivity index (χ3n) is 4.91. The minimum Gasteiger partial charge on any atom is -0.482 e. The van der Waals surface area contributed by atoms with Gasteiger partial charge in [0.1, 0.15) is 11.4 Å². The molecule has 1 N–H and O–H groups in total. The predicted octanol–water partition coefficient (Wildman–Crippen LogP) is 2.59. The Morgan fingerprint density at radius 1 is 1.30 bits per heavy atom. The monoisotopic (exact) mass is 379 g/mol. The van der Waals surface area contributed by atoms with E-state index in [1.54, 1.807) is 32.9 Å². The lowest BCUT2D eigenvalue weighted by molar-refractivity contribution is -0.143. The van der Waals surface area contributed by atoms with Gasteiger partial charge in [0.15, 0.2) is 11.9 Å². The van der Waals surface area contributed by atoms with Crippen molar-refractivity contribution in [3.8, 4) is 0 Å². The topological polar surface area (TPSA) is 93.1 Å². The van der Waals surface area contributed by atoms with Crippen LogP contribution >= 0.6 is 0 Å². The molecule has 2 aliphatic rings. The van der Waals surface area contributed by atoms with Gasteiger partial charge in [0.05, 0.1) is 12.0 Å². The summed E-state index contributed by atoms with van der Waals surface area (Å²) in [6.07, 6.45) is 4.21. The summed E-state index contributed by atoms with van der Waals surface area (Å²) in [6.45, 7) is 9.05. The van der Waals surface area contributed by atoms with Gasteiger partial charge >= 0.3 is 6.09 Å². The lowest BCUT2D eigenvalue weighted by Gasteiger charge is -2.33. The van der Waals surface area contributed by atoms with Crippen LogP contribution < -0.4 is 0 Å².